The van der Waals surface area contributed by atoms with Crippen LogP contribution in [0.4, 0.5) is 17.1 Å². The van der Waals surface area contributed by atoms with E-state index in [1.165, 1.54) is 6.92 Å². The number of Topliss-reactive ketones (excluding diaryl/α,β-unsaturated/α-hetero) is 1. The Bertz CT molecular complexity index is 871. The molecule has 2 N–H and O–H groups in total. The minimum atomic E-state index is -0.788. The van der Waals surface area contributed by atoms with Crippen molar-refractivity contribution in [1.82, 2.24) is 4.90 Å². The number of benzene rings is 2. The number of carbonyl (C=O) groups excluding carboxylic acids is 3. The van der Waals surface area contributed by atoms with Crippen LogP contribution in [-0.2, 0) is 9.59 Å². The van der Waals surface area contributed by atoms with E-state index in [4.69, 9.17) is 0 Å². The van der Waals surface area contributed by atoms with Gasteiger partial charge in [0.2, 0.25) is 0 Å². The molecule has 146 valence electrons. The average molecular weight is 380 g/mol. The number of hydrogen-bond acceptors (Lipinski definition) is 5. The first-order valence-electron chi connectivity index (χ1n) is 9.19. The van der Waals surface area contributed by atoms with Crippen LogP contribution in [0.1, 0.15) is 17.3 Å². The number of nitrogens with one attached hydrogen (secondary N) is 2. The van der Waals surface area contributed by atoms with Gasteiger partial charge in [0.15, 0.2) is 5.78 Å². The molecule has 2 aromatic carbocycles. The Balaban J connectivity index is 1.57. The highest BCUT2D eigenvalue weighted by Gasteiger charge is 2.16. The molecule has 0 aromatic heterocycles. The maximum atomic E-state index is 12.2. The smallest absolute Gasteiger partial charge is 0.314 e. The van der Waals surface area contributed by atoms with Gasteiger partial charge in [0.25, 0.3) is 0 Å². The Hall–Kier alpha value is -3.19. The molecule has 0 radical (unpaired) electrons. The lowest BCUT2D eigenvalue weighted by atomic mass is 10.1. The van der Waals surface area contributed by atoms with Gasteiger partial charge in [-0.25, -0.2) is 0 Å². The molecule has 2 amide bonds. The van der Waals surface area contributed by atoms with Crippen molar-refractivity contribution in [1.29, 1.82) is 0 Å². The van der Waals surface area contributed by atoms with Gasteiger partial charge < -0.3 is 20.4 Å². The van der Waals surface area contributed by atoms with Gasteiger partial charge in [-0.15, -0.1) is 0 Å². The number of anilines is 3. The van der Waals surface area contributed by atoms with Crippen molar-refractivity contribution in [2.75, 3.05) is 48.8 Å². The van der Waals surface area contributed by atoms with Crippen molar-refractivity contribution in [3.63, 3.8) is 0 Å². The number of hydrogen-bond donors (Lipinski definition) is 2. The van der Waals surface area contributed by atoms with E-state index in [9.17, 15) is 14.4 Å². The molecular weight excluding hydrogens is 356 g/mol. The van der Waals surface area contributed by atoms with E-state index >= 15 is 0 Å². The number of rotatable bonds is 4. The van der Waals surface area contributed by atoms with E-state index in [-0.39, 0.29) is 5.78 Å². The number of amides is 2. The third-order valence-electron chi connectivity index (χ3n) is 4.73. The van der Waals surface area contributed by atoms with E-state index in [2.05, 4.69) is 27.5 Å². The van der Waals surface area contributed by atoms with Crippen molar-refractivity contribution >= 4 is 34.7 Å². The molecule has 28 heavy (non-hydrogen) atoms. The molecule has 1 heterocycles. The lowest BCUT2D eigenvalue weighted by molar-refractivity contribution is -0.132. The average Bonchev–Trinajstić information content (AvgIpc) is 2.69. The van der Waals surface area contributed by atoms with Crippen LogP contribution in [0, 0.1) is 0 Å². The number of ketones is 1. The third-order valence-corrected chi connectivity index (χ3v) is 4.73. The molecular formula is C21H24N4O3. The van der Waals surface area contributed by atoms with Crippen molar-refractivity contribution in [2.24, 2.45) is 0 Å². The molecule has 0 spiro atoms. The van der Waals surface area contributed by atoms with Crippen LogP contribution in [0.15, 0.2) is 48.5 Å². The van der Waals surface area contributed by atoms with Gasteiger partial charge in [-0.3, -0.25) is 14.4 Å². The highest BCUT2D eigenvalue weighted by molar-refractivity contribution is 6.43. The second-order valence-electron chi connectivity index (χ2n) is 6.88. The van der Waals surface area contributed by atoms with Gasteiger partial charge in [-0.2, -0.15) is 0 Å². The molecule has 1 saturated heterocycles. The fraction of sp³-hybridized carbons (Fsp3) is 0.286. The van der Waals surface area contributed by atoms with Gasteiger partial charge in [0, 0.05) is 48.8 Å². The van der Waals surface area contributed by atoms with Crippen LogP contribution < -0.4 is 15.5 Å². The topological polar surface area (TPSA) is 81.7 Å². The summed E-state index contributed by atoms with van der Waals surface area (Å²) in [6.07, 6.45) is 0. The summed E-state index contributed by atoms with van der Waals surface area (Å²) in [7, 11) is 2.11. The highest BCUT2D eigenvalue weighted by atomic mass is 16.2. The first-order valence-corrected chi connectivity index (χ1v) is 9.19. The summed E-state index contributed by atoms with van der Waals surface area (Å²) >= 11 is 0. The van der Waals surface area contributed by atoms with E-state index in [0.717, 1.165) is 31.9 Å². The quantitative estimate of drug-likeness (QED) is 0.628. The Morgan fingerprint density at radius 3 is 2.04 bits per heavy atom. The molecule has 0 unspecified atom stereocenters. The predicted octanol–water partition coefficient (Wildman–Crippen LogP) is 2.22. The fourth-order valence-electron chi connectivity index (χ4n) is 3.01. The summed E-state index contributed by atoms with van der Waals surface area (Å²) in [6, 6.07) is 13.9. The molecule has 7 nitrogen and oxygen atoms in total. The standard InChI is InChI=1S/C21H24N4O3/c1-15(26)16-4-3-5-18(14-16)23-21(28)20(27)22-17-6-8-19(9-7-17)25-12-10-24(2)11-13-25/h3-9,14H,10-13H2,1-2H3,(H,22,27)(H,23,28). The van der Waals surface area contributed by atoms with Gasteiger partial charge in [-0.1, -0.05) is 12.1 Å². The van der Waals surface area contributed by atoms with Crippen LogP contribution in [-0.4, -0.2) is 55.7 Å². The molecule has 1 aliphatic heterocycles. The monoisotopic (exact) mass is 380 g/mol. The summed E-state index contributed by atoms with van der Waals surface area (Å²) in [6.45, 7) is 5.40. The SMILES string of the molecule is CC(=O)c1cccc(NC(=O)C(=O)Nc2ccc(N3CCN(C)CC3)cc2)c1. The van der Waals surface area contributed by atoms with Gasteiger partial charge in [-0.05, 0) is 50.4 Å². The molecule has 0 saturated carbocycles. The number of piperazine rings is 1. The normalized spacial score (nSPS) is 14.4. The minimum absolute atomic E-state index is 0.110. The molecule has 1 aliphatic rings. The zero-order chi connectivity index (χ0) is 20.1. The van der Waals surface area contributed by atoms with Crippen LogP contribution >= 0.6 is 0 Å². The fourth-order valence-corrected chi connectivity index (χ4v) is 3.01. The molecule has 7 heteroatoms. The summed E-state index contributed by atoms with van der Waals surface area (Å²) in [5.74, 6) is -1.66. The van der Waals surface area contributed by atoms with Crippen molar-refractivity contribution in [3.8, 4) is 0 Å². The first-order chi connectivity index (χ1) is 13.4. The van der Waals surface area contributed by atoms with E-state index < -0.39 is 11.8 Å². The number of likely N-dealkylation sites (N-methyl/N-ethyl adjacent to an activating group) is 1. The summed E-state index contributed by atoms with van der Waals surface area (Å²) in [4.78, 5) is 40.3. The van der Waals surface area contributed by atoms with Crippen molar-refractivity contribution < 1.29 is 14.4 Å². The Kier molecular flexibility index (Phi) is 6.06. The van der Waals surface area contributed by atoms with E-state index in [0.29, 0.717) is 16.9 Å². The molecule has 0 atom stereocenters. The third kappa shape index (κ3) is 4.95. The summed E-state index contributed by atoms with van der Waals surface area (Å²) in [5, 5.41) is 5.10. The highest BCUT2D eigenvalue weighted by Crippen LogP contribution is 2.19. The van der Waals surface area contributed by atoms with Gasteiger partial charge >= 0.3 is 11.8 Å². The second kappa shape index (κ2) is 8.67. The Morgan fingerprint density at radius 2 is 1.43 bits per heavy atom. The Labute approximate surface area is 164 Å². The maximum Gasteiger partial charge on any atom is 0.314 e. The van der Waals surface area contributed by atoms with E-state index in [1.807, 2.05) is 12.1 Å². The van der Waals surface area contributed by atoms with E-state index in [1.54, 1.807) is 36.4 Å². The molecule has 0 bridgehead atoms. The first kappa shape index (κ1) is 19.6. The number of carbonyl (C=O) groups is 3. The summed E-state index contributed by atoms with van der Waals surface area (Å²) < 4.78 is 0. The zero-order valence-electron chi connectivity index (χ0n) is 16.1. The second-order valence-corrected chi connectivity index (χ2v) is 6.88. The van der Waals surface area contributed by atoms with Gasteiger partial charge in [0.1, 0.15) is 0 Å². The van der Waals surface area contributed by atoms with Crippen LogP contribution in [0.3, 0.4) is 0 Å². The molecule has 0 aliphatic carbocycles. The van der Waals surface area contributed by atoms with Crippen LogP contribution in [0.5, 0.6) is 0 Å². The Morgan fingerprint density at radius 1 is 0.821 bits per heavy atom. The molecule has 3 rings (SSSR count). The lowest BCUT2D eigenvalue weighted by Crippen LogP contribution is -2.44. The largest absolute Gasteiger partial charge is 0.369 e. The van der Waals surface area contributed by atoms with Crippen molar-refractivity contribution in [2.45, 2.75) is 6.92 Å². The summed E-state index contributed by atoms with van der Waals surface area (Å²) in [5.41, 5.74) is 2.52. The molecule has 2 aromatic rings. The predicted molar refractivity (Wildman–Crippen MR) is 110 cm³/mol. The van der Waals surface area contributed by atoms with Gasteiger partial charge in [0.05, 0.1) is 0 Å². The van der Waals surface area contributed by atoms with Crippen LogP contribution in [0.2, 0.25) is 0 Å². The van der Waals surface area contributed by atoms with Crippen LogP contribution in [0.25, 0.3) is 0 Å². The minimum Gasteiger partial charge on any atom is -0.369 e. The zero-order valence-corrected chi connectivity index (χ0v) is 16.1. The van der Waals surface area contributed by atoms with Crippen molar-refractivity contribution in [3.05, 3.63) is 54.1 Å². The molecule has 1 fully saturated rings. The number of nitrogens with zero attached hydrogens (tertiary/aromatic N) is 2. The maximum absolute atomic E-state index is 12.2. The lowest BCUT2D eigenvalue weighted by Gasteiger charge is -2.34.